The summed E-state index contributed by atoms with van der Waals surface area (Å²) in [7, 11) is 0. The zero-order chi connectivity index (χ0) is 24.9. The van der Waals surface area contributed by atoms with E-state index in [1.54, 1.807) is 55.5 Å². The number of hydrogen-bond acceptors (Lipinski definition) is 9. The van der Waals surface area contributed by atoms with Gasteiger partial charge in [0.2, 0.25) is 11.3 Å². The van der Waals surface area contributed by atoms with E-state index in [9.17, 15) is 9.59 Å². The van der Waals surface area contributed by atoms with Crippen molar-refractivity contribution in [3.63, 3.8) is 0 Å². The molecule has 0 bridgehead atoms. The van der Waals surface area contributed by atoms with Crippen LogP contribution >= 0.6 is 0 Å². The molecular weight excluding hydrogens is 458 g/mol. The Morgan fingerprint density at radius 3 is 2.14 bits per heavy atom. The Bertz CT molecular complexity index is 1510. The second kappa shape index (κ2) is 10.1. The summed E-state index contributed by atoms with van der Waals surface area (Å²) in [5.74, 6) is 0.0611. The van der Waals surface area contributed by atoms with Gasteiger partial charge in [-0.15, -0.1) is 0 Å². The molecule has 0 saturated heterocycles. The number of hydrogen-bond donors (Lipinski definition) is 1. The second-order valence-corrected chi connectivity index (χ2v) is 7.92. The van der Waals surface area contributed by atoms with Crippen molar-refractivity contribution < 1.29 is 19.0 Å². The van der Waals surface area contributed by atoms with Crippen LogP contribution in [0.1, 0.15) is 44.5 Å². The van der Waals surface area contributed by atoms with E-state index in [1.807, 2.05) is 30.3 Å². The van der Waals surface area contributed by atoms with Crippen molar-refractivity contribution in [3.8, 4) is 0 Å². The van der Waals surface area contributed by atoms with Crippen LogP contribution in [0.15, 0.2) is 83.5 Å². The van der Waals surface area contributed by atoms with Gasteiger partial charge >= 0.3 is 5.97 Å². The lowest BCUT2D eigenvalue weighted by Crippen LogP contribution is -2.06. The molecule has 0 aliphatic heterocycles. The molecule has 5 rings (SSSR count). The maximum atomic E-state index is 12.7. The molecule has 9 heteroatoms. The average Bonchev–Trinajstić information content (AvgIpc) is 3.37. The molecule has 0 aliphatic rings. The normalized spacial score (nSPS) is 10.8. The van der Waals surface area contributed by atoms with Crippen LogP contribution in [0.5, 0.6) is 0 Å². The topological polar surface area (TPSA) is 120 Å². The first kappa shape index (κ1) is 22.9. The van der Waals surface area contributed by atoms with E-state index in [0.717, 1.165) is 5.56 Å². The lowest BCUT2D eigenvalue weighted by Gasteiger charge is -2.11. The fourth-order valence-electron chi connectivity index (χ4n) is 3.66. The van der Waals surface area contributed by atoms with Crippen molar-refractivity contribution >= 4 is 34.6 Å². The van der Waals surface area contributed by atoms with Crippen LogP contribution in [0.3, 0.4) is 0 Å². The number of carbonyl (C=O) groups excluding carboxylic acids is 2. The van der Waals surface area contributed by atoms with Gasteiger partial charge in [0.05, 0.1) is 17.9 Å². The molecule has 178 valence electrons. The molecule has 0 saturated carbocycles. The van der Waals surface area contributed by atoms with Gasteiger partial charge in [0.1, 0.15) is 0 Å². The fourth-order valence-corrected chi connectivity index (χ4v) is 3.66. The van der Waals surface area contributed by atoms with E-state index >= 15 is 0 Å². The highest BCUT2D eigenvalue weighted by atomic mass is 16.6. The monoisotopic (exact) mass is 479 g/mol. The number of carbonyl (C=O) groups is 2. The average molecular weight is 479 g/mol. The molecule has 3 aromatic carbocycles. The zero-order valence-corrected chi connectivity index (χ0v) is 19.3. The number of aromatic nitrogens is 4. The van der Waals surface area contributed by atoms with E-state index < -0.39 is 0 Å². The number of benzene rings is 3. The molecular formula is C27H21N5O4. The van der Waals surface area contributed by atoms with E-state index in [2.05, 4.69) is 25.6 Å². The highest BCUT2D eigenvalue weighted by molar-refractivity contribution is 6.08. The highest BCUT2D eigenvalue weighted by Crippen LogP contribution is 2.23. The standard InChI is InChI=1S/C27H21N5O4/c1-2-35-27(34)20-12-14-21(15-13-20)28-24-22(29-25-26(30-24)32-36-31-25)16-17-8-10-19(11-9-17)23(33)18-6-4-3-5-7-18/h3-15H,2,16H2,1H3,(H,28,30,32). The van der Waals surface area contributed by atoms with Gasteiger partial charge in [-0.05, 0) is 47.1 Å². The Labute approximate surface area is 206 Å². The van der Waals surface area contributed by atoms with E-state index in [4.69, 9.17) is 9.37 Å². The van der Waals surface area contributed by atoms with Gasteiger partial charge in [-0.25, -0.2) is 19.4 Å². The molecule has 0 amide bonds. The maximum absolute atomic E-state index is 12.7. The number of esters is 1. The minimum atomic E-state index is -0.381. The van der Waals surface area contributed by atoms with Crippen molar-refractivity contribution in [2.45, 2.75) is 13.3 Å². The number of nitrogens with one attached hydrogen (secondary N) is 1. The van der Waals surface area contributed by atoms with Crippen LogP contribution < -0.4 is 5.32 Å². The van der Waals surface area contributed by atoms with Crippen molar-refractivity contribution in [2.75, 3.05) is 11.9 Å². The largest absolute Gasteiger partial charge is 0.462 e. The Hall–Kier alpha value is -4.92. The smallest absolute Gasteiger partial charge is 0.338 e. The summed E-state index contributed by atoms with van der Waals surface area (Å²) in [4.78, 5) is 33.7. The third-order valence-electron chi connectivity index (χ3n) is 5.47. The van der Waals surface area contributed by atoms with Crippen LogP contribution in [0, 0.1) is 0 Å². The molecule has 0 unspecified atom stereocenters. The van der Waals surface area contributed by atoms with E-state index in [1.165, 1.54) is 0 Å². The van der Waals surface area contributed by atoms with Gasteiger partial charge in [0.15, 0.2) is 11.6 Å². The number of ether oxygens (including phenoxy) is 1. The third-order valence-corrected chi connectivity index (χ3v) is 5.47. The van der Waals surface area contributed by atoms with Gasteiger partial charge in [0, 0.05) is 23.2 Å². The number of rotatable bonds is 8. The van der Waals surface area contributed by atoms with Crippen LogP contribution in [-0.4, -0.2) is 38.6 Å². The Morgan fingerprint density at radius 1 is 0.806 bits per heavy atom. The van der Waals surface area contributed by atoms with Crippen LogP contribution in [0.25, 0.3) is 11.3 Å². The van der Waals surface area contributed by atoms with E-state index in [0.29, 0.717) is 52.6 Å². The van der Waals surface area contributed by atoms with Gasteiger partial charge in [0.25, 0.3) is 0 Å². The first-order valence-corrected chi connectivity index (χ1v) is 11.3. The highest BCUT2D eigenvalue weighted by Gasteiger charge is 2.15. The summed E-state index contributed by atoms with van der Waals surface area (Å²) in [5, 5.41) is 10.8. The first-order valence-electron chi connectivity index (χ1n) is 11.3. The number of anilines is 2. The second-order valence-electron chi connectivity index (χ2n) is 7.92. The molecule has 2 aromatic heterocycles. The van der Waals surface area contributed by atoms with Gasteiger partial charge in [-0.2, -0.15) is 0 Å². The van der Waals surface area contributed by atoms with Gasteiger partial charge in [-0.1, -0.05) is 54.6 Å². The first-order chi connectivity index (χ1) is 17.6. The van der Waals surface area contributed by atoms with Crippen molar-refractivity contribution in [1.82, 2.24) is 20.3 Å². The Morgan fingerprint density at radius 2 is 1.44 bits per heavy atom. The zero-order valence-electron chi connectivity index (χ0n) is 19.3. The summed E-state index contributed by atoms with van der Waals surface area (Å²) >= 11 is 0. The summed E-state index contributed by atoms with van der Waals surface area (Å²) in [5.41, 5.74) is 4.53. The fraction of sp³-hybridized carbons (Fsp3) is 0.111. The molecule has 0 atom stereocenters. The molecule has 0 aliphatic carbocycles. The van der Waals surface area contributed by atoms with Crippen molar-refractivity contribution in [1.29, 1.82) is 0 Å². The Balaban J connectivity index is 1.39. The minimum absolute atomic E-state index is 0.0364. The molecule has 0 fully saturated rings. The molecule has 5 aromatic rings. The molecule has 36 heavy (non-hydrogen) atoms. The maximum Gasteiger partial charge on any atom is 0.338 e. The summed E-state index contributed by atoms with van der Waals surface area (Å²) in [6.07, 6.45) is 0.429. The molecule has 9 nitrogen and oxygen atoms in total. The van der Waals surface area contributed by atoms with Crippen LogP contribution in [0.2, 0.25) is 0 Å². The molecule has 2 heterocycles. The Kier molecular flexibility index (Phi) is 6.44. The third kappa shape index (κ3) is 4.95. The minimum Gasteiger partial charge on any atom is -0.462 e. The SMILES string of the molecule is CCOC(=O)c1ccc(Nc2nc3nonc3nc2Cc2ccc(C(=O)c3ccccc3)cc2)cc1. The molecule has 1 N–H and O–H groups in total. The van der Waals surface area contributed by atoms with Crippen molar-refractivity contribution in [2.24, 2.45) is 0 Å². The van der Waals surface area contributed by atoms with Gasteiger partial charge in [-0.3, -0.25) is 4.79 Å². The summed E-state index contributed by atoms with van der Waals surface area (Å²) in [6, 6.07) is 23.4. The predicted octanol–water partition coefficient (Wildman–Crippen LogP) is 4.75. The van der Waals surface area contributed by atoms with Gasteiger partial charge < -0.3 is 10.1 Å². The lowest BCUT2D eigenvalue weighted by molar-refractivity contribution is 0.0526. The summed E-state index contributed by atoms with van der Waals surface area (Å²) < 4.78 is 9.81. The number of ketones is 1. The van der Waals surface area contributed by atoms with Crippen LogP contribution in [0.4, 0.5) is 11.5 Å². The summed E-state index contributed by atoms with van der Waals surface area (Å²) in [6.45, 7) is 2.07. The number of fused-ring (bicyclic) bond motifs is 1. The quantitative estimate of drug-likeness (QED) is 0.248. The predicted molar refractivity (Wildman–Crippen MR) is 132 cm³/mol. The molecule has 0 radical (unpaired) electrons. The van der Waals surface area contributed by atoms with Crippen LogP contribution in [-0.2, 0) is 11.2 Å². The van der Waals surface area contributed by atoms with E-state index in [-0.39, 0.29) is 17.4 Å². The van der Waals surface area contributed by atoms with Crippen molar-refractivity contribution in [3.05, 3.63) is 107 Å². The lowest BCUT2D eigenvalue weighted by atomic mass is 10.0. The molecule has 0 spiro atoms. The number of nitrogens with zero attached hydrogens (tertiary/aromatic N) is 4.